The second kappa shape index (κ2) is 12.4. The molecule has 0 N–H and O–H groups in total. The lowest BCUT2D eigenvalue weighted by Crippen LogP contribution is -2.11. The molecule has 0 nitrogen and oxygen atoms in total. The minimum atomic E-state index is 0.709. The zero-order valence-corrected chi connectivity index (χ0v) is 22.9. The van der Waals surface area contributed by atoms with E-state index in [2.05, 4.69) is 106 Å². The van der Waals surface area contributed by atoms with Gasteiger partial charge < -0.3 is 0 Å². The van der Waals surface area contributed by atoms with Gasteiger partial charge in [-0.15, -0.1) is 6.58 Å². The molecule has 190 valence electrons. The van der Waals surface area contributed by atoms with Crippen LogP contribution >= 0.6 is 0 Å². The zero-order valence-electron chi connectivity index (χ0n) is 22.9. The minimum absolute atomic E-state index is 0.709. The van der Waals surface area contributed by atoms with Crippen molar-refractivity contribution in [1.82, 2.24) is 0 Å². The van der Waals surface area contributed by atoms with Crippen LogP contribution in [0.15, 0.2) is 129 Å². The van der Waals surface area contributed by atoms with Crippen LogP contribution < -0.4 is 0 Å². The summed E-state index contributed by atoms with van der Waals surface area (Å²) in [5, 5.41) is 0. The van der Waals surface area contributed by atoms with Gasteiger partial charge in [0.05, 0.1) is 0 Å². The first-order valence-electron chi connectivity index (χ1n) is 13.4. The van der Waals surface area contributed by atoms with Crippen LogP contribution in [0, 0.1) is 0 Å². The Balaban J connectivity index is 2.24. The second-order valence-electron chi connectivity index (χ2n) is 9.80. The third kappa shape index (κ3) is 5.41. The molecule has 2 bridgehead atoms. The van der Waals surface area contributed by atoms with Crippen molar-refractivity contribution in [2.45, 2.75) is 39.5 Å². The molecule has 0 unspecified atom stereocenters. The Labute approximate surface area is 229 Å². The molecule has 1 aromatic carbocycles. The fourth-order valence-corrected chi connectivity index (χ4v) is 5.46. The Morgan fingerprint density at radius 1 is 0.921 bits per heavy atom. The summed E-state index contributed by atoms with van der Waals surface area (Å²) in [4.78, 5) is 0. The monoisotopic (exact) mass is 494 g/mol. The molecule has 0 saturated carbocycles. The average molecular weight is 495 g/mol. The molecule has 0 fully saturated rings. The third-order valence-electron chi connectivity index (χ3n) is 7.27. The highest BCUT2D eigenvalue weighted by Crippen LogP contribution is 2.47. The molecule has 38 heavy (non-hydrogen) atoms. The highest BCUT2D eigenvalue weighted by molar-refractivity contribution is 6.01. The van der Waals surface area contributed by atoms with Crippen molar-refractivity contribution >= 4 is 28.4 Å². The first kappa shape index (κ1) is 26.9. The third-order valence-corrected chi connectivity index (χ3v) is 7.27. The van der Waals surface area contributed by atoms with Crippen molar-refractivity contribution in [3.8, 4) is 0 Å². The van der Waals surface area contributed by atoms with Crippen LogP contribution in [0.4, 0.5) is 0 Å². The van der Waals surface area contributed by atoms with Gasteiger partial charge >= 0.3 is 0 Å². The van der Waals surface area contributed by atoms with E-state index in [4.69, 9.17) is 0 Å². The number of rotatable bonds is 7. The predicted molar refractivity (Wildman–Crippen MR) is 172 cm³/mol. The second-order valence-corrected chi connectivity index (χ2v) is 9.80. The molecule has 1 aromatic rings. The van der Waals surface area contributed by atoms with Crippen molar-refractivity contribution in [3.05, 3.63) is 162 Å². The van der Waals surface area contributed by atoms with Gasteiger partial charge in [-0.3, -0.25) is 0 Å². The van der Waals surface area contributed by atoms with Gasteiger partial charge in [-0.1, -0.05) is 117 Å². The van der Waals surface area contributed by atoms with Gasteiger partial charge in [0.25, 0.3) is 0 Å². The van der Waals surface area contributed by atoms with Crippen molar-refractivity contribution in [2.75, 3.05) is 0 Å². The largest absolute Gasteiger partial charge is 0.103 e. The van der Waals surface area contributed by atoms with Crippen LogP contribution in [0.1, 0.15) is 66.5 Å². The van der Waals surface area contributed by atoms with Crippen LogP contribution in [0.25, 0.3) is 28.4 Å². The van der Waals surface area contributed by atoms with E-state index >= 15 is 0 Å². The first-order valence-corrected chi connectivity index (χ1v) is 13.4. The molecular weight excluding hydrogens is 456 g/mol. The summed E-state index contributed by atoms with van der Waals surface area (Å²) in [5.74, 6) is 0. The topological polar surface area (TPSA) is 0 Å². The fraction of sp³-hybridized carbons (Fsp3) is 0.158. The van der Waals surface area contributed by atoms with Crippen LogP contribution in [0.5, 0.6) is 0 Å². The number of fused-ring (bicyclic) bond motifs is 4. The number of benzene rings is 1. The standard InChI is InChI=1S/C38H38/c1-7-10-13-19-28(5)35-34(18-8-2)33(9-3)37(30-21-14-11-12-15-22-30)38-32-25-24-27(4)31(26-32)23-17-16-20-29(6)36(35)38/h7-11,13-16,19-25H,2-3,5-6,12,17-18,26H2,1,4H3/b10-7-,19-13-,20-16-,31-23+. The van der Waals surface area contributed by atoms with Crippen molar-refractivity contribution in [1.29, 1.82) is 0 Å². The van der Waals surface area contributed by atoms with E-state index in [1.165, 1.54) is 39.0 Å². The lowest BCUT2D eigenvalue weighted by Gasteiger charge is -2.30. The van der Waals surface area contributed by atoms with Gasteiger partial charge in [-0.2, -0.15) is 0 Å². The number of allylic oxidation sites excluding steroid dienone is 21. The maximum atomic E-state index is 4.62. The molecule has 4 rings (SSSR count). The van der Waals surface area contributed by atoms with Crippen LogP contribution in [0.3, 0.4) is 0 Å². The summed E-state index contributed by atoms with van der Waals surface area (Å²) in [7, 11) is 0. The quantitative estimate of drug-likeness (QED) is 0.261. The highest BCUT2D eigenvalue weighted by atomic mass is 14.3. The Bertz CT molecular complexity index is 1460. The van der Waals surface area contributed by atoms with Crippen LogP contribution in [0.2, 0.25) is 0 Å². The molecule has 3 aliphatic rings. The summed E-state index contributed by atoms with van der Waals surface area (Å²) in [5.41, 5.74) is 14.2. The molecule has 0 aromatic heterocycles. The Morgan fingerprint density at radius 2 is 1.74 bits per heavy atom. The first-order chi connectivity index (χ1) is 18.5. The van der Waals surface area contributed by atoms with Gasteiger partial charge in [-0.25, -0.2) is 0 Å². The lowest BCUT2D eigenvalue weighted by molar-refractivity contribution is 1.14. The van der Waals surface area contributed by atoms with Gasteiger partial charge in [0, 0.05) is 0 Å². The van der Waals surface area contributed by atoms with Gasteiger partial charge in [0.1, 0.15) is 0 Å². The molecule has 0 heteroatoms. The van der Waals surface area contributed by atoms with Crippen molar-refractivity contribution < 1.29 is 0 Å². The summed E-state index contributed by atoms with van der Waals surface area (Å²) in [6, 6.07) is 0. The number of hydrogen-bond donors (Lipinski definition) is 0. The molecule has 0 atom stereocenters. The van der Waals surface area contributed by atoms with Crippen molar-refractivity contribution in [2.24, 2.45) is 0 Å². The highest BCUT2D eigenvalue weighted by Gasteiger charge is 2.28. The van der Waals surface area contributed by atoms with Gasteiger partial charge in [0.15, 0.2) is 0 Å². The molecule has 0 amide bonds. The summed E-state index contributed by atoms with van der Waals surface area (Å²) >= 11 is 0. The van der Waals surface area contributed by atoms with E-state index in [1.807, 2.05) is 31.2 Å². The maximum Gasteiger partial charge on any atom is -0.00198 e. The fourth-order valence-electron chi connectivity index (χ4n) is 5.46. The van der Waals surface area contributed by atoms with Crippen LogP contribution in [-0.2, 0) is 6.42 Å². The SMILES string of the molecule is C=CCc1c(C=C)c(C2=CC=CCC=C2)c2c(c1C(=C)/C=C\C=C/C)C(=C)/C=C\C/C=C1\CC2=CC=C1C. The van der Waals surface area contributed by atoms with Crippen molar-refractivity contribution in [3.63, 3.8) is 0 Å². The van der Waals surface area contributed by atoms with E-state index in [1.54, 1.807) is 0 Å². The van der Waals surface area contributed by atoms with E-state index in [0.29, 0.717) is 6.42 Å². The van der Waals surface area contributed by atoms with E-state index in [-0.39, 0.29) is 0 Å². The van der Waals surface area contributed by atoms with Gasteiger partial charge in [0.2, 0.25) is 0 Å². The molecule has 0 saturated heterocycles. The Morgan fingerprint density at radius 3 is 2.50 bits per heavy atom. The smallest absolute Gasteiger partial charge is 0.00198 e. The zero-order chi connectivity index (χ0) is 27.1. The van der Waals surface area contributed by atoms with E-state index in [0.717, 1.165) is 47.1 Å². The van der Waals surface area contributed by atoms with Gasteiger partial charge in [-0.05, 0) is 106 Å². The Kier molecular flexibility index (Phi) is 8.77. The average Bonchev–Trinajstić information content (AvgIpc) is 3.20. The lowest BCUT2D eigenvalue weighted by atomic mass is 9.74. The molecule has 0 spiro atoms. The summed E-state index contributed by atoms with van der Waals surface area (Å²) in [6.07, 6.45) is 38.0. The molecular formula is C38H38. The summed E-state index contributed by atoms with van der Waals surface area (Å²) < 4.78 is 0. The van der Waals surface area contributed by atoms with E-state index < -0.39 is 0 Å². The Hall–Kier alpha value is -4.16. The van der Waals surface area contributed by atoms with E-state index in [9.17, 15) is 0 Å². The number of hydrogen-bond acceptors (Lipinski definition) is 0. The molecule has 0 radical (unpaired) electrons. The molecule has 0 aliphatic heterocycles. The minimum Gasteiger partial charge on any atom is -0.103 e. The van der Waals surface area contributed by atoms with Crippen LogP contribution in [-0.4, -0.2) is 0 Å². The molecule has 3 aliphatic carbocycles. The summed E-state index contributed by atoms with van der Waals surface area (Å²) in [6.45, 7) is 21.9. The molecule has 0 heterocycles. The normalized spacial score (nSPS) is 19.2. The maximum absolute atomic E-state index is 4.62. The predicted octanol–water partition coefficient (Wildman–Crippen LogP) is 10.7.